The fourth-order valence-corrected chi connectivity index (χ4v) is 1.06. The number of carbonyl (C=O) groups excluding carboxylic acids is 3. The van der Waals surface area contributed by atoms with E-state index in [9.17, 15) is 19.2 Å². The van der Waals surface area contributed by atoms with Crippen molar-refractivity contribution in [2.45, 2.75) is 13.3 Å². The molecule has 0 aliphatic carbocycles. The topological polar surface area (TPSA) is 128 Å². The Hall–Kier alpha value is -2.81. The lowest BCUT2D eigenvalue weighted by Gasteiger charge is -2.06. The molecule has 0 aromatic rings. The van der Waals surface area contributed by atoms with Gasteiger partial charge in [0, 0.05) is 11.1 Å². The molecule has 10 heteroatoms. The average molecular weight is 348 g/mol. The van der Waals surface area contributed by atoms with E-state index in [1.54, 1.807) is 5.48 Å². The van der Waals surface area contributed by atoms with Gasteiger partial charge in [0.2, 0.25) is 0 Å². The zero-order chi connectivity index (χ0) is 17.8. The average Bonchev–Trinajstić information content (AvgIpc) is 2.43. The second-order valence-corrected chi connectivity index (χ2v) is 4.12. The Labute approximate surface area is 136 Å². The highest BCUT2D eigenvalue weighted by Crippen LogP contribution is 2.06. The zero-order valence-electron chi connectivity index (χ0n) is 12.0. The maximum Gasteiger partial charge on any atom is 0.440 e. The Morgan fingerprint density at radius 1 is 1.30 bits per heavy atom. The maximum absolute atomic E-state index is 11.6. The van der Waals surface area contributed by atoms with Crippen LogP contribution >= 0.6 is 11.6 Å². The van der Waals surface area contributed by atoms with Crippen molar-refractivity contribution in [3.8, 4) is 0 Å². The molecule has 0 aliphatic rings. The lowest BCUT2D eigenvalue weighted by Crippen LogP contribution is -2.29. The highest BCUT2D eigenvalue weighted by molar-refractivity contribution is 6.30. The van der Waals surface area contributed by atoms with E-state index >= 15 is 0 Å². The molecule has 0 saturated heterocycles. The summed E-state index contributed by atoms with van der Waals surface area (Å²) in [5, 5.41) is 8.79. The van der Waals surface area contributed by atoms with Gasteiger partial charge in [-0.3, -0.25) is 4.79 Å². The van der Waals surface area contributed by atoms with Gasteiger partial charge in [0.05, 0.1) is 24.9 Å². The van der Waals surface area contributed by atoms with E-state index in [1.807, 2.05) is 0 Å². The van der Waals surface area contributed by atoms with E-state index in [4.69, 9.17) is 16.7 Å². The molecular weight excluding hydrogens is 334 g/mol. The van der Waals surface area contributed by atoms with Gasteiger partial charge in [-0.1, -0.05) is 18.2 Å². The van der Waals surface area contributed by atoms with E-state index in [1.165, 1.54) is 6.92 Å². The lowest BCUT2D eigenvalue weighted by atomic mass is 10.2. The number of hydroxylamine groups is 1. The fourth-order valence-electron chi connectivity index (χ4n) is 1.01. The highest BCUT2D eigenvalue weighted by atomic mass is 35.5. The van der Waals surface area contributed by atoms with E-state index < -0.39 is 36.0 Å². The van der Waals surface area contributed by atoms with Gasteiger partial charge in [-0.05, 0) is 13.0 Å². The molecule has 0 atom stereocenters. The Kier molecular flexibility index (Phi) is 9.53. The zero-order valence-corrected chi connectivity index (χ0v) is 12.8. The first-order chi connectivity index (χ1) is 10.8. The smallest absolute Gasteiger partial charge is 0.440 e. The maximum atomic E-state index is 11.6. The van der Waals surface area contributed by atoms with Crippen LogP contribution < -0.4 is 5.48 Å². The van der Waals surface area contributed by atoms with E-state index in [0.29, 0.717) is 6.08 Å². The number of hydrogen-bond donors (Lipinski definition) is 2. The van der Waals surface area contributed by atoms with Gasteiger partial charge in [0.1, 0.15) is 0 Å². The van der Waals surface area contributed by atoms with E-state index in [2.05, 4.69) is 20.9 Å². The lowest BCUT2D eigenvalue weighted by molar-refractivity contribution is -0.147. The highest BCUT2D eigenvalue weighted by Gasteiger charge is 2.18. The van der Waals surface area contributed by atoms with Crippen LogP contribution in [0.2, 0.25) is 0 Å². The van der Waals surface area contributed by atoms with Gasteiger partial charge >= 0.3 is 24.0 Å². The minimum Gasteiger partial charge on any atom is -0.481 e. The Bertz CT molecular complexity index is 552. The third-order valence-electron chi connectivity index (χ3n) is 1.83. The molecule has 23 heavy (non-hydrogen) atoms. The van der Waals surface area contributed by atoms with Crippen molar-refractivity contribution in [3.05, 3.63) is 35.6 Å². The van der Waals surface area contributed by atoms with Crippen LogP contribution in [0.1, 0.15) is 13.3 Å². The number of hydrogen-bond acceptors (Lipinski definition) is 7. The summed E-state index contributed by atoms with van der Waals surface area (Å²) in [5.41, 5.74) is 1.07. The summed E-state index contributed by atoms with van der Waals surface area (Å²) >= 11 is 5.39. The second kappa shape index (κ2) is 10.9. The third-order valence-corrected chi connectivity index (χ3v) is 1.96. The van der Waals surface area contributed by atoms with Crippen molar-refractivity contribution >= 4 is 35.6 Å². The monoisotopic (exact) mass is 347 g/mol. The SMILES string of the molecule is C=C(Cl)C=COC(=O)/C=C(/CC(=O)O)C(=O)ONC(=O)OCC. The fraction of sp³-hybridized carbons (Fsp3) is 0.231. The number of carbonyl (C=O) groups is 4. The molecular formula is C13H14ClNO8. The first-order valence-corrected chi connectivity index (χ1v) is 6.42. The number of ether oxygens (including phenoxy) is 2. The molecule has 0 fully saturated rings. The molecule has 1 amide bonds. The number of allylic oxidation sites excluding steroid dienone is 2. The minimum atomic E-state index is -1.40. The number of esters is 1. The molecule has 0 aromatic carbocycles. The third kappa shape index (κ3) is 10.5. The molecule has 126 valence electrons. The standard InChI is InChI=1S/C13H14ClNO8/c1-3-21-13(20)15-23-12(19)9(6-10(16)17)7-11(18)22-5-4-8(2)14/h4-5,7H,2-3,6H2,1H3,(H,15,20)(H,16,17)/b5-4?,9-7-. The van der Waals surface area contributed by atoms with Crippen molar-refractivity contribution < 1.29 is 38.6 Å². The van der Waals surface area contributed by atoms with Crippen LogP contribution in [0.5, 0.6) is 0 Å². The van der Waals surface area contributed by atoms with Gasteiger partial charge in [0.25, 0.3) is 0 Å². The van der Waals surface area contributed by atoms with Crippen LogP contribution in [0.3, 0.4) is 0 Å². The summed E-state index contributed by atoms with van der Waals surface area (Å²) in [4.78, 5) is 49.0. The number of carboxylic acid groups (broad SMARTS) is 1. The molecule has 0 bridgehead atoms. The molecule has 0 radical (unpaired) electrons. The molecule has 0 aliphatic heterocycles. The van der Waals surface area contributed by atoms with Crippen LogP contribution in [-0.2, 0) is 28.7 Å². The first kappa shape index (κ1) is 20.2. The van der Waals surface area contributed by atoms with Crippen LogP contribution in [0.25, 0.3) is 0 Å². The summed E-state index contributed by atoms with van der Waals surface area (Å²) in [7, 11) is 0. The predicted molar refractivity (Wildman–Crippen MR) is 76.8 cm³/mol. The van der Waals surface area contributed by atoms with Gasteiger partial charge < -0.3 is 19.4 Å². The van der Waals surface area contributed by atoms with E-state index in [0.717, 1.165) is 12.3 Å². The van der Waals surface area contributed by atoms with Crippen LogP contribution in [0.4, 0.5) is 4.79 Å². The normalized spacial score (nSPS) is 10.8. The molecule has 0 rings (SSSR count). The molecule has 0 heterocycles. The van der Waals surface area contributed by atoms with Crippen molar-refractivity contribution in [1.82, 2.24) is 5.48 Å². The van der Waals surface area contributed by atoms with Gasteiger partial charge in [-0.25, -0.2) is 14.4 Å². The van der Waals surface area contributed by atoms with Crippen LogP contribution in [-0.4, -0.2) is 35.7 Å². The number of rotatable bonds is 7. The molecule has 0 unspecified atom stereocenters. The Morgan fingerprint density at radius 2 is 1.96 bits per heavy atom. The number of aliphatic carboxylic acids is 1. The van der Waals surface area contributed by atoms with Crippen molar-refractivity contribution in [3.63, 3.8) is 0 Å². The minimum absolute atomic E-state index is 0.0335. The van der Waals surface area contributed by atoms with E-state index in [-0.39, 0.29) is 11.6 Å². The summed E-state index contributed by atoms with van der Waals surface area (Å²) in [6.07, 6.45) is 0.774. The quantitative estimate of drug-likeness (QED) is 0.176. The molecule has 2 N–H and O–H groups in total. The summed E-state index contributed by atoms with van der Waals surface area (Å²) in [6, 6.07) is 0. The Balaban J connectivity index is 4.84. The van der Waals surface area contributed by atoms with Gasteiger partial charge in [0.15, 0.2) is 0 Å². The molecule has 9 nitrogen and oxygen atoms in total. The van der Waals surface area contributed by atoms with Crippen LogP contribution in [0.15, 0.2) is 35.6 Å². The second-order valence-electron chi connectivity index (χ2n) is 3.64. The molecule has 0 spiro atoms. The summed E-state index contributed by atoms with van der Waals surface area (Å²) < 4.78 is 8.95. The summed E-state index contributed by atoms with van der Waals surface area (Å²) in [5.74, 6) is -3.71. The summed E-state index contributed by atoms with van der Waals surface area (Å²) in [6.45, 7) is 4.86. The number of carboxylic acids is 1. The first-order valence-electron chi connectivity index (χ1n) is 6.04. The van der Waals surface area contributed by atoms with Crippen LogP contribution in [0, 0.1) is 0 Å². The molecule has 0 aromatic heterocycles. The largest absolute Gasteiger partial charge is 0.481 e. The number of halogens is 1. The molecule has 0 saturated carbocycles. The number of nitrogens with one attached hydrogen (secondary N) is 1. The van der Waals surface area contributed by atoms with Gasteiger partial charge in [-0.2, -0.15) is 0 Å². The number of amides is 1. The predicted octanol–water partition coefficient (Wildman–Crippen LogP) is 1.40. The van der Waals surface area contributed by atoms with Crippen molar-refractivity contribution in [2.24, 2.45) is 0 Å². The van der Waals surface area contributed by atoms with Gasteiger partial charge in [-0.15, -0.1) is 5.48 Å². The Morgan fingerprint density at radius 3 is 2.48 bits per heavy atom. The van der Waals surface area contributed by atoms with Crippen molar-refractivity contribution in [1.29, 1.82) is 0 Å². The van der Waals surface area contributed by atoms with Crippen molar-refractivity contribution in [2.75, 3.05) is 6.61 Å².